The van der Waals surface area contributed by atoms with E-state index in [-0.39, 0.29) is 18.2 Å². The summed E-state index contributed by atoms with van der Waals surface area (Å²) in [4.78, 5) is 0. The first-order chi connectivity index (χ1) is 14.7. The Morgan fingerprint density at radius 1 is 0.471 bits per heavy atom. The Hall–Kier alpha value is -1.99. The van der Waals surface area contributed by atoms with Gasteiger partial charge in [-0.05, 0) is 5.46 Å². The molecule has 0 radical (unpaired) electrons. The highest BCUT2D eigenvalue weighted by Gasteiger charge is 2.95. The van der Waals surface area contributed by atoms with Gasteiger partial charge in [0.2, 0.25) is 0 Å². The van der Waals surface area contributed by atoms with Crippen molar-refractivity contribution < 1.29 is 84.7 Å². The van der Waals surface area contributed by atoms with Crippen LogP contribution in [0.5, 0.6) is 0 Å². The van der Waals surface area contributed by atoms with E-state index in [0.717, 1.165) is 0 Å². The van der Waals surface area contributed by atoms with Crippen molar-refractivity contribution in [1.29, 1.82) is 0 Å². The Labute approximate surface area is 176 Å². The molecule has 20 heteroatoms. The van der Waals surface area contributed by atoms with Gasteiger partial charge in [0, 0.05) is 5.56 Å². The molecule has 0 saturated carbocycles. The van der Waals surface area contributed by atoms with Crippen LogP contribution >= 0.6 is 0 Å². The molecule has 2 nitrogen and oxygen atoms in total. The van der Waals surface area contributed by atoms with Crippen LogP contribution in [0.4, 0.5) is 74.6 Å². The molecule has 1 aromatic carbocycles. The summed E-state index contributed by atoms with van der Waals surface area (Å²) in [5.41, 5.74) is -4.46. The zero-order valence-corrected chi connectivity index (χ0v) is 15.2. The highest BCUT2D eigenvalue weighted by Crippen LogP contribution is 2.64. The van der Waals surface area contributed by atoms with Crippen LogP contribution in [-0.2, 0) is 5.92 Å². The van der Waals surface area contributed by atoms with Crippen LogP contribution in [0.1, 0.15) is 5.56 Å². The Balaban J connectivity index is 3.80. The Bertz CT molecular complexity index is 892. The third kappa shape index (κ3) is 3.76. The first kappa shape index (κ1) is 30.0. The standard InChI is InChI=1S/C14H6BF17O2/c16-7(17,5-3-1-2-4-6(5)15(33)34)8(18,19)9(20,21)10(22,23)11(24,25)12(26,27)13(28,29)14(30,31)32/h1-4,33-34H. The molecular formula is C14H6BF17O2. The molecule has 0 aromatic heterocycles. The summed E-state index contributed by atoms with van der Waals surface area (Å²) >= 11 is 0. The summed E-state index contributed by atoms with van der Waals surface area (Å²) < 4.78 is 225. The first-order valence-electron chi connectivity index (χ1n) is 7.85. The molecule has 196 valence electrons. The second-order valence-corrected chi connectivity index (χ2v) is 6.48. The van der Waals surface area contributed by atoms with E-state index in [4.69, 9.17) is 10.0 Å². The molecule has 0 bridgehead atoms. The minimum Gasteiger partial charge on any atom is -0.423 e. The van der Waals surface area contributed by atoms with Crippen molar-refractivity contribution in [2.24, 2.45) is 0 Å². The molecule has 0 heterocycles. The van der Waals surface area contributed by atoms with Crippen molar-refractivity contribution in [3.05, 3.63) is 29.8 Å². The maximum Gasteiger partial charge on any atom is 0.488 e. The van der Waals surface area contributed by atoms with Crippen molar-refractivity contribution in [1.82, 2.24) is 0 Å². The molecule has 0 fully saturated rings. The van der Waals surface area contributed by atoms with Gasteiger partial charge >= 0.3 is 54.8 Å². The lowest BCUT2D eigenvalue weighted by Crippen LogP contribution is -2.74. The van der Waals surface area contributed by atoms with Crippen LogP contribution < -0.4 is 5.46 Å². The normalized spacial score (nSPS) is 15.5. The molecule has 2 N–H and O–H groups in total. The first-order valence-corrected chi connectivity index (χ1v) is 7.85. The number of benzene rings is 1. The summed E-state index contributed by atoms with van der Waals surface area (Å²) in [6, 6.07) is 0.593. The lowest BCUT2D eigenvalue weighted by atomic mass is 9.74. The van der Waals surface area contributed by atoms with Gasteiger partial charge in [0.05, 0.1) is 0 Å². The molecule has 0 aliphatic rings. The van der Waals surface area contributed by atoms with E-state index in [0.29, 0.717) is 6.07 Å². The lowest BCUT2D eigenvalue weighted by Gasteiger charge is -2.43. The molecule has 0 atom stereocenters. The van der Waals surface area contributed by atoms with Crippen molar-refractivity contribution in [2.45, 2.75) is 47.6 Å². The molecule has 1 aromatic rings. The largest absolute Gasteiger partial charge is 0.488 e. The number of alkyl halides is 17. The number of hydrogen-bond acceptors (Lipinski definition) is 2. The smallest absolute Gasteiger partial charge is 0.423 e. The van der Waals surface area contributed by atoms with Gasteiger partial charge in [0.1, 0.15) is 0 Å². The van der Waals surface area contributed by atoms with Gasteiger partial charge in [-0.25, -0.2) is 0 Å². The van der Waals surface area contributed by atoms with Crippen LogP contribution in [-0.4, -0.2) is 58.9 Å². The maximum atomic E-state index is 14.1. The monoisotopic (exact) mass is 540 g/mol. The fraction of sp³-hybridized carbons (Fsp3) is 0.571. The number of halogens is 17. The second kappa shape index (κ2) is 8.02. The van der Waals surface area contributed by atoms with Crippen LogP contribution in [0, 0.1) is 0 Å². The molecule has 0 unspecified atom stereocenters. The van der Waals surface area contributed by atoms with Crippen LogP contribution in [0.25, 0.3) is 0 Å². The summed E-state index contributed by atoms with van der Waals surface area (Å²) in [6.45, 7) is 0. The van der Waals surface area contributed by atoms with E-state index in [9.17, 15) is 74.6 Å². The van der Waals surface area contributed by atoms with Crippen molar-refractivity contribution in [2.75, 3.05) is 0 Å². The molecule has 0 amide bonds. The molecule has 34 heavy (non-hydrogen) atoms. The van der Waals surface area contributed by atoms with Gasteiger partial charge in [0.15, 0.2) is 0 Å². The molecule has 0 aliphatic carbocycles. The summed E-state index contributed by atoms with van der Waals surface area (Å²) in [7, 11) is -3.22. The predicted octanol–water partition coefficient (Wildman–Crippen LogP) is 4.83. The van der Waals surface area contributed by atoms with Crippen LogP contribution in [0.3, 0.4) is 0 Å². The Morgan fingerprint density at radius 2 is 0.794 bits per heavy atom. The predicted molar refractivity (Wildman–Crippen MR) is 75.9 cm³/mol. The van der Waals surface area contributed by atoms with E-state index in [1.54, 1.807) is 0 Å². The fourth-order valence-electron chi connectivity index (χ4n) is 2.34. The fourth-order valence-corrected chi connectivity index (χ4v) is 2.34. The molecule has 1 rings (SSSR count). The van der Waals surface area contributed by atoms with Gasteiger partial charge in [-0.3, -0.25) is 0 Å². The second-order valence-electron chi connectivity index (χ2n) is 6.48. The van der Waals surface area contributed by atoms with Gasteiger partial charge in [0.25, 0.3) is 0 Å². The van der Waals surface area contributed by atoms with Gasteiger partial charge in [-0.1, -0.05) is 24.3 Å². The topological polar surface area (TPSA) is 40.5 Å². The van der Waals surface area contributed by atoms with E-state index in [1.807, 2.05) is 0 Å². The lowest BCUT2D eigenvalue weighted by molar-refractivity contribution is -0.462. The number of hydrogen-bond donors (Lipinski definition) is 2. The van der Waals surface area contributed by atoms with E-state index in [2.05, 4.69) is 0 Å². The summed E-state index contributed by atoms with van der Waals surface area (Å²) in [6.07, 6.45) is -7.83. The Morgan fingerprint density at radius 3 is 1.15 bits per heavy atom. The average molecular weight is 540 g/mol. The molecular weight excluding hydrogens is 534 g/mol. The average Bonchev–Trinajstić information content (AvgIpc) is 2.65. The molecule has 0 saturated heterocycles. The zero-order chi connectivity index (χ0) is 27.6. The molecule has 0 aliphatic heterocycles. The summed E-state index contributed by atoms with van der Waals surface area (Å²) in [5, 5.41) is 17.7. The highest BCUT2D eigenvalue weighted by atomic mass is 19.4. The van der Waals surface area contributed by atoms with Gasteiger partial charge < -0.3 is 10.0 Å². The minimum absolute atomic E-state index is 0.104. The van der Waals surface area contributed by atoms with Crippen molar-refractivity contribution >= 4 is 12.6 Å². The van der Waals surface area contributed by atoms with E-state index < -0.39 is 65.8 Å². The van der Waals surface area contributed by atoms with Gasteiger partial charge in [-0.2, -0.15) is 74.6 Å². The quantitative estimate of drug-likeness (QED) is 0.367. The van der Waals surface area contributed by atoms with Crippen molar-refractivity contribution in [3.63, 3.8) is 0 Å². The Kier molecular flexibility index (Phi) is 7.09. The van der Waals surface area contributed by atoms with E-state index in [1.165, 1.54) is 0 Å². The minimum atomic E-state index is -8.72. The third-order valence-electron chi connectivity index (χ3n) is 4.30. The van der Waals surface area contributed by atoms with Crippen LogP contribution in [0.15, 0.2) is 24.3 Å². The molecule has 0 spiro atoms. The van der Waals surface area contributed by atoms with E-state index >= 15 is 0 Å². The van der Waals surface area contributed by atoms with Gasteiger partial charge in [-0.15, -0.1) is 0 Å². The highest BCUT2D eigenvalue weighted by molar-refractivity contribution is 6.59. The summed E-state index contributed by atoms with van der Waals surface area (Å²) in [5.74, 6) is -57.5. The van der Waals surface area contributed by atoms with Crippen LogP contribution in [0.2, 0.25) is 0 Å². The van der Waals surface area contributed by atoms with Crippen molar-refractivity contribution in [3.8, 4) is 0 Å². The maximum absolute atomic E-state index is 14.1. The SMILES string of the molecule is OB(O)c1ccccc1C(F)(F)C(F)(F)C(F)(F)C(F)(F)C(F)(F)C(F)(F)C(F)(F)C(F)(F)F. The number of rotatable bonds is 8. The third-order valence-corrected chi connectivity index (χ3v) is 4.30. The zero-order valence-electron chi connectivity index (χ0n) is 15.2.